The number of aliphatic hydroxyl groups is 2. The van der Waals surface area contributed by atoms with Crippen molar-refractivity contribution in [2.45, 2.75) is 25.4 Å². The first kappa shape index (κ1) is 15.2. The van der Waals surface area contributed by atoms with Gasteiger partial charge in [0.15, 0.2) is 0 Å². The summed E-state index contributed by atoms with van der Waals surface area (Å²) in [6.45, 7) is 1.37. The van der Waals surface area contributed by atoms with E-state index in [0.29, 0.717) is 0 Å². The van der Waals surface area contributed by atoms with Gasteiger partial charge in [-0.05, 0) is 11.1 Å². The monoisotopic (exact) mass is 346 g/mol. The zero-order valence-corrected chi connectivity index (χ0v) is 12.3. The van der Waals surface area contributed by atoms with E-state index >= 15 is 0 Å². The number of aliphatic hydroxyl groups excluding tert-OH is 2. The highest BCUT2D eigenvalue weighted by atomic mass is 79.9. The van der Waals surface area contributed by atoms with Crippen LogP contribution in [0.15, 0.2) is 20.8 Å². The molecule has 3 N–H and O–H groups in total. The number of hydrogen-bond donors (Lipinski definition) is 3. The minimum atomic E-state index is -0.876. The fourth-order valence-corrected chi connectivity index (χ4v) is 2.52. The minimum Gasteiger partial charge on any atom is -0.394 e. The largest absolute Gasteiger partial charge is 0.394 e. The summed E-state index contributed by atoms with van der Waals surface area (Å²) in [4.78, 5) is 27.2. The Balaban J connectivity index is 2.46. The molecule has 2 heterocycles. The highest BCUT2D eigenvalue weighted by Crippen LogP contribution is 2.33. The van der Waals surface area contributed by atoms with Crippen LogP contribution in [0.3, 0.4) is 0 Å². The summed E-state index contributed by atoms with van der Waals surface area (Å²) >= 11 is 3.06. The predicted molar refractivity (Wildman–Crippen MR) is 75.5 cm³/mol. The molecule has 1 saturated heterocycles. The van der Waals surface area contributed by atoms with Crippen LogP contribution < -0.4 is 11.2 Å². The van der Waals surface area contributed by atoms with E-state index in [1.54, 1.807) is 6.92 Å². The van der Waals surface area contributed by atoms with Gasteiger partial charge < -0.3 is 14.9 Å². The van der Waals surface area contributed by atoms with Crippen LogP contribution in [-0.2, 0) is 4.74 Å². The zero-order chi connectivity index (χ0) is 14.9. The molecule has 4 atom stereocenters. The summed E-state index contributed by atoms with van der Waals surface area (Å²) in [7, 11) is 0. The average molecular weight is 347 g/mol. The van der Waals surface area contributed by atoms with E-state index in [-0.39, 0.29) is 12.2 Å². The lowest BCUT2D eigenvalue weighted by Crippen LogP contribution is -2.35. The van der Waals surface area contributed by atoms with Gasteiger partial charge in [0, 0.05) is 12.1 Å². The van der Waals surface area contributed by atoms with Crippen molar-refractivity contribution in [1.29, 1.82) is 0 Å². The Morgan fingerprint density at radius 2 is 2.25 bits per heavy atom. The second kappa shape index (κ2) is 6.04. The highest BCUT2D eigenvalue weighted by molar-refractivity contribution is 9.11. The van der Waals surface area contributed by atoms with Crippen LogP contribution in [0.4, 0.5) is 0 Å². The molecular formula is C12H15BrN2O5. The van der Waals surface area contributed by atoms with Gasteiger partial charge in [-0.3, -0.25) is 14.3 Å². The van der Waals surface area contributed by atoms with Gasteiger partial charge in [-0.25, -0.2) is 4.79 Å². The fraction of sp³-hybridized carbons (Fsp3) is 0.500. The van der Waals surface area contributed by atoms with Gasteiger partial charge in [0.2, 0.25) is 0 Å². The highest BCUT2D eigenvalue weighted by Gasteiger charge is 2.41. The number of halogens is 1. The Hall–Kier alpha value is -1.22. The molecule has 20 heavy (non-hydrogen) atoms. The van der Waals surface area contributed by atoms with Crippen molar-refractivity contribution in [3.8, 4) is 0 Å². The predicted octanol–water partition coefficient (Wildman–Crippen LogP) is -0.211. The molecule has 0 saturated carbocycles. The Morgan fingerprint density at radius 1 is 1.55 bits per heavy atom. The number of nitrogens with one attached hydrogen (secondary N) is 1. The van der Waals surface area contributed by atoms with Crippen molar-refractivity contribution in [3.05, 3.63) is 37.6 Å². The van der Waals surface area contributed by atoms with E-state index in [9.17, 15) is 14.7 Å². The lowest BCUT2D eigenvalue weighted by molar-refractivity contribution is -0.0477. The van der Waals surface area contributed by atoms with Crippen molar-refractivity contribution >= 4 is 22.0 Å². The van der Waals surface area contributed by atoms with E-state index in [0.717, 1.165) is 0 Å². The summed E-state index contributed by atoms with van der Waals surface area (Å²) < 4.78 is 6.70. The number of aromatic nitrogens is 2. The maximum absolute atomic E-state index is 11.9. The molecule has 0 bridgehead atoms. The van der Waals surface area contributed by atoms with Crippen molar-refractivity contribution in [3.63, 3.8) is 0 Å². The summed E-state index contributed by atoms with van der Waals surface area (Å²) in [6.07, 6.45) is 0.498. The standard InChI is InChI=1S/C12H15BrN2O5/c1-6-9(17)8(5-16)20-11(6)15-4-7(2-3-13)10(18)14-12(15)19/h2-4,6,8-9,11,16-17H,5H2,1H3,(H,14,18,19)/b3-2+/t6-,8+,9-,11+/m0/s1. The van der Waals surface area contributed by atoms with Crippen molar-refractivity contribution in [2.75, 3.05) is 6.61 Å². The van der Waals surface area contributed by atoms with Crippen LogP contribution in [0, 0.1) is 5.92 Å². The Bertz CT molecular complexity index is 623. The quantitative estimate of drug-likeness (QED) is 0.702. The molecule has 0 aromatic carbocycles. The van der Waals surface area contributed by atoms with Crippen LogP contribution in [0.2, 0.25) is 0 Å². The second-order valence-electron chi connectivity index (χ2n) is 4.64. The van der Waals surface area contributed by atoms with Gasteiger partial charge in [0.25, 0.3) is 5.56 Å². The summed E-state index contributed by atoms with van der Waals surface area (Å²) in [5, 5.41) is 19.0. The molecule has 0 spiro atoms. The van der Waals surface area contributed by atoms with Crippen LogP contribution >= 0.6 is 15.9 Å². The lowest BCUT2D eigenvalue weighted by atomic mass is 10.0. The summed E-state index contributed by atoms with van der Waals surface area (Å²) in [5.74, 6) is -0.392. The van der Waals surface area contributed by atoms with Gasteiger partial charge in [-0.15, -0.1) is 0 Å². The molecule has 0 radical (unpaired) electrons. The smallest absolute Gasteiger partial charge is 0.330 e. The molecule has 0 aliphatic carbocycles. The molecule has 0 amide bonds. The molecule has 1 aromatic heterocycles. The molecule has 1 aliphatic heterocycles. The number of rotatable bonds is 3. The third kappa shape index (κ3) is 2.64. The number of ether oxygens (including phenoxy) is 1. The number of hydrogen-bond acceptors (Lipinski definition) is 5. The van der Waals surface area contributed by atoms with E-state index in [4.69, 9.17) is 9.84 Å². The maximum atomic E-state index is 11.9. The normalized spacial score (nSPS) is 30.2. The van der Waals surface area contributed by atoms with E-state index < -0.39 is 35.6 Å². The fourth-order valence-electron chi connectivity index (χ4n) is 2.24. The Labute approximate surface area is 122 Å². The number of H-pyrrole nitrogens is 1. The molecule has 1 aliphatic rings. The molecule has 110 valence electrons. The van der Waals surface area contributed by atoms with Crippen LogP contribution in [0.5, 0.6) is 0 Å². The second-order valence-corrected chi connectivity index (χ2v) is 5.17. The first-order valence-electron chi connectivity index (χ1n) is 6.06. The SMILES string of the molecule is C[C@H]1[C@H](O)[C@@H](CO)O[C@H]1n1cc(/C=C/Br)c(=O)[nH]c1=O. The van der Waals surface area contributed by atoms with Crippen LogP contribution in [0.1, 0.15) is 18.7 Å². The minimum absolute atomic E-state index is 0.277. The van der Waals surface area contributed by atoms with Gasteiger partial charge in [-0.1, -0.05) is 22.9 Å². The third-order valence-corrected chi connectivity index (χ3v) is 3.64. The molecule has 8 heteroatoms. The van der Waals surface area contributed by atoms with Crippen molar-refractivity contribution in [2.24, 2.45) is 5.92 Å². The summed E-state index contributed by atoms with van der Waals surface area (Å²) in [6, 6.07) is 0. The Kier molecular flexibility index (Phi) is 4.59. The maximum Gasteiger partial charge on any atom is 0.330 e. The average Bonchev–Trinajstić information content (AvgIpc) is 2.70. The van der Waals surface area contributed by atoms with E-state index in [1.165, 1.54) is 21.8 Å². The molecule has 2 rings (SSSR count). The topological polar surface area (TPSA) is 105 Å². The summed E-state index contributed by atoms with van der Waals surface area (Å²) in [5.41, 5.74) is -0.851. The van der Waals surface area contributed by atoms with E-state index in [1.807, 2.05) is 0 Å². The van der Waals surface area contributed by atoms with Crippen molar-refractivity contribution in [1.82, 2.24) is 9.55 Å². The molecule has 7 nitrogen and oxygen atoms in total. The molecule has 1 fully saturated rings. The van der Waals surface area contributed by atoms with E-state index in [2.05, 4.69) is 20.9 Å². The zero-order valence-electron chi connectivity index (χ0n) is 10.7. The van der Waals surface area contributed by atoms with Gasteiger partial charge in [0.05, 0.1) is 18.3 Å². The number of aromatic amines is 1. The first-order valence-corrected chi connectivity index (χ1v) is 6.97. The first-order chi connectivity index (χ1) is 9.49. The van der Waals surface area contributed by atoms with Crippen molar-refractivity contribution < 1.29 is 14.9 Å². The van der Waals surface area contributed by atoms with Crippen LogP contribution in [0.25, 0.3) is 6.08 Å². The molecule has 0 unspecified atom stereocenters. The molecular weight excluding hydrogens is 332 g/mol. The number of nitrogens with zero attached hydrogens (tertiary/aromatic N) is 1. The third-order valence-electron chi connectivity index (χ3n) is 3.38. The van der Waals surface area contributed by atoms with Gasteiger partial charge in [-0.2, -0.15) is 0 Å². The van der Waals surface area contributed by atoms with Gasteiger partial charge >= 0.3 is 5.69 Å². The van der Waals surface area contributed by atoms with Crippen LogP contribution in [-0.4, -0.2) is 38.6 Å². The molecule has 1 aromatic rings. The lowest BCUT2D eigenvalue weighted by Gasteiger charge is -2.18. The van der Waals surface area contributed by atoms with Gasteiger partial charge in [0.1, 0.15) is 12.3 Å². The Morgan fingerprint density at radius 3 is 2.80 bits per heavy atom.